The van der Waals surface area contributed by atoms with Gasteiger partial charge in [-0.15, -0.1) is 0 Å². The Kier molecular flexibility index (Phi) is 5.67. The molecule has 1 amide bonds. The molecule has 1 aromatic carbocycles. The number of amides is 1. The molecule has 4 N–H and O–H groups in total. The first-order chi connectivity index (χ1) is 9.21. The molecule has 0 aliphatic heterocycles. The maximum Gasteiger partial charge on any atom is 0.240 e. The maximum atomic E-state index is 11.9. The summed E-state index contributed by atoms with van der Waals surface area (Å²) in [6.45, 7) is 3.99. The fraction of sp³-hybridized carbons (Fsp3) is 0.462. The van der Waals surface area contributed by atoms with Crippen LogP contribution < -0.4 is 15.8 Å². The van der Waals surface area contributed by atoms with Crippen LogP contribution in [0.4, 0.5) is 0 Å². The zero-order valence-corrected chi connectivity index (χ0v) is 12.5. The average molecular weight is 299 g/mol. The Morgan fingerprint density at radius 2 is 1.85 bits per heavy atom. The molecule has 0 radical (unpaired) electrons. The summed E-state index contributed by atoms with van der Waals surface area (Å²) >= 11 is 0. The minimum Gasteiger partial charge on any atom is -0.354 e. The van der Waals surface area contributed by atoms with Crippen molar-refractivity contribution in [2.24, 2.45) is 5.73 Å². The summed E-state index contributed by atoms with van der Waals surface area (Å²) in [7, 11) is -3.55. The molecule has 7 heteroatoms. The van der Waals surface area contributed by atoms with Crippen molar-refractivity contribution in [1.29, 1.82) is 0 Å². The van der Waals surface area contributed by atoms with E-state index in [0.717, 1.165) is 0 Å². The third-order valence-electron chi connectivity index (χ3n) is 2.44. The van der Waals surface area contributed by atoms with Crippen molar-refractivity contribution < 1.29 is 13.2 Å². The molecule has 0 aliphatic carbocycles. The summed E-state index contributed by atoms with van der Waals surface area (Å²) in [6.07, 6.45) is 0.0716. The Balaban J connectivity index is 2.39. The van der Waals surface area contributed by atoms with E-state index < -0.39 is 15.6 Å². The lowest BCUT2D eigenvalue weighted by Crippen LogP contribution is -2.45. The van der Waals surface area contributed by atoms with Crippen molar-refractivity contribution in [3.63, 3.8) is 0 Å². The molecule has 1 aromatic rings. The van der Waals surface area contributed by atoms with E-state index in [9.17, 15) is 13.2 Å². The quantitative estimate of drug-likeness (QED) is 0.670. The third-order valence-corrected chi connectivity index (χ3v) is 3.92. The van der Waals surface area contributed by atoms with Crippen LogP contribution >= 0.6 is 0 Å². The highest BCUT2D eigenvalue weighted by Crippen LogP contribution is 2.06. The molecule has 0 spiro atoms. The van der Waals surface area contributed by atoms with Crippen molar-refractivity contribution in [1.82, 2.24) is 10.0 Å². The highest BCUT2D eigenvalue weighted by molar-refractivity contribution is 7.89. The number of hydrogen-bond acceptors (Lipinski definition) is 4. The minimum atomic E-state index is -3.55. The molecule has 6 nitrogen and oxygen atoms in total. The highest BCUT2D eigenvalue weighted by Gasteiger charge is 2.15. The van der Waals surface area contributed by atoms with Crippen LogP contribution in [-0.2, 0) is 14.8 Å². The van der Waals surface area contributed by atoms with Gasteiger partial charge < -0.3 is 11.1 Å². The molecule has 0 fully saturated rings. The van der Waals surface area contributed by atoms with Gasteiger partial charge >= 0.3 is 0 Å². The number of sulfonamides is 1. The lowest BCUT2D eigenvalue weighted by Gasteiger charge is -2.18. The first kappa shape index (κ1) is 16.6. The van der Waals surface area contributed by atoms with E-state index in [1.165, 1.54) is 12.1 Å². The standard InChI is InChI=1S/C13H21N3O3S/c1-13(2,14)10-15-12(17)8-9-16-20(18,19)11-6-4-3-5-7-11/h3-7,16H,8-10,14H2,1-2H3,(H,15,17). The van der Waals surface area contributed by atoms with Gasteiger partial charge in [0, 0.05) is 25.0 Å². The fourth-order valence-corrected chi connectivity index (χ4v) is 2.45. The molecule has 0 heterocycles. The zero-order chi connectivity index (χ0) is 15.2. The monoisotopic (exact) mass is 299 g/mol. The normalized spacial score (nSPS) is 12.2. The minimum absolute atomic E-state index is 0.0497. The van der Waals surface area contributed by atoms with E-state index in [4.69, 9.17) is 5.73 Å². The molecule has 112 valence electrons. The van der Waals surface area contributed by atoms with Crippen molar-refractivity contribution >= 4 is 15.9 Å². The van der Waals surface area contributed by atoms with E-state index in [1.54, 1.807) is 32.0 Å². The number of hydrogen-bond donors (Lipinski definition) is 3. The molecule has 20 heavy (non-hydrogen) atoms. The van der Waals surface area contributed by atoms with Gasteiger partial charge in [0.1, 0.15) is 0 Å². The van der Waals surface area contributed by atoms with Crippen LogP contribution in [0.5, 0.6) is 0 Å². The van der Waals surface area contributed by atoms with Crippen LogP contribution in [0, 0.1) is 0 Å². The Hall–Kier alpha value is -1.44. The number of benzene rings is 1. The first-order valence-corrected chi connectivity index (χ1v) is 7.79. The van der Waals surface area contributed by atoms with E-state index in [2.05, 4.69) is 10.0 Å². The second-order valence-electron chi connectivity index (χ2n) is 5.23. The zero-order valence-electron chi connectivity index (χ0n) is 11.7. The van der Waals surface area contributed by atoms with Crippen LogP contribution in [0.1, 0.15) is 20.3 Å². The summed E-state index contributed by atoms with van der Waals surface area (Å²) in [5, 5.41) is 2.65. The lowest BCUT2D eigenvalue weighted by molar-refractivity contribution is -0.121. The largest absolute Gasteiger partial charge is 0.354 e. The summed E-state index contributed by atoms with van der Waals surface area (Å²) < 4.78 is 26.1. The van der Waals surface area contributed by atoms with Crippen LogP contribution in [0.2, 0.25) is 0 Å². The molecule has 0 unspecified atom stereocenters. The fourth-order valence-electron chi connectivity index (χ4n) is 1.40. The molecule has 0 aromatic heterocycles. The van der Waals surface area contributed by atoms with Gasteiger partial charge in [0.05, 0.1) is 4.90 Å². The van der Waals surface area contributed by atoms with Gasteiger partial charge in [-0.1, -0.05) is 18.2 Å². The van der Waals surface area contributed by atoms with E-state index in [-0.39, 0.29) is 23.8 Å². The number of carbonyl (C=O) groups excluding carboxylic acids is 1. The van der Waals surface area contributed by atoms with Gasteiger partial charge in [-0.3, -0.25) is 4.79 Å². The third kappa shape index (κ3) is 6.14. The van der Waals surface area contributed by atoms with Crippen molar-refractivity contribution in [2.45, 2.75) is 30.7 Å². The molecule has 0 atom stereocenters. The molecule has 0 bridgehead atoms. The summed E-state index contributed by atoms with van der Waals surface area (Å²) in [6, 6.07) is 8.02. The van der Waals surface area contributed by atoms with E-state index >= 15 is 0 Å². The van der Waals surface area contributed by atoms with Gasteiger partial charge in [-0.25, -0.2) is 13.1 Å². The Bertz CT molecular complexity index is 536. The second kappa shape index (κ2) is 6.83. The van der Waals surface area contributed by atoms with Gasteiger partial charge in [-0.05, 0) is 26.0 Å². The van der Waals surface area contributed by atoms with Gasteiger partial charge in [0.2, 0.25) is 15.9 Å². The first-order valence-electron chi connectivity index (χ1n) is 6.31. The molecule has 0 aliphatic rings. The van der Waals surface area contributed by atoms with Gasteiger partial charge in [0.25, 0.3) is 0 Å². The van der Waals surface area contributed by atoms with Crippen LogP contribution in [-0.4, -0.2) is 33.0 Å². The van der Waals surface area contributed by atoms with Crippen LogP contribution in [0.15, 0.2) is 35.2 Å². The molecule has 0 saturated heterocycles. The topological polar surface area (TPSA) is 101 Å². The molecule has 1 rings (SSSR count). The smallest absolute Gasteiger partial charge is 0.240 e. The number of nitrogens with one attached hydrogen (secondary N) is 2. The predicted molar refractivity (Wildman–Crippen MR) is 77.5 cm³/mol. The molecular formula is C13H21N3O3S. The van der Waals surface area contributed by atoms with Crippen molar-refractivity contribution in [2.75, 3.05) is 13.1 Å². The summed E-state index contributed by atoms with van der Waals surface area (Å²) in [5.74, 6) is -0.237. The molecular weight excluding hydrogens is 278 g/mol. The summed E-state index contributed by atoms with van der Waals surface area (Å²) in [4.78, 5) is 11.7. The Labute approximate surface area is 119 Å². The van der Waals surface area contributed by atoms with E-state index in [0.29, 0.717) is 6.54 Å². The number of nitrogens with two attached hydrogens (primary N) is 1. The van der Waals surface area contributed by atoms with Crippen LogP contribution in [0.3, 0.4) is 0 Å². The summed E-state index contributed by atoms with van der Waals surface area (Å²) in [5.41, 5.74) is 5.24. The molecule has 0 saturated carbocycles. The number of carbonyl (C=O) groups is 1. The lowest BCUT2D eigenvalue weighted by atomic mass is 10.1. The predicted octanol–water partition coefficient (Wildman–Crippen LogP) is 0.209. The Morgan fingerprint density at radius 1 is 1.25 bits per heavy atom. The second-order valence-corrected chi connectivity index (χ2v) is 6.99. The maximum absolute atomic E-state index is 11.9. The average Bonchev–Trinajstić information content (AvgIpc) is 2.36. The number of rotatable bonds is 7. The van der Waals surface area contributed by atoms with Gasteiger partial charge in [-0.2, -0.15) is 0 Å². The van der Waals surface area contributed by atoms with Gasteiger partial charge in [0.15, 0.2) is 0 Å². The van der Waals surface area contributed by atoms with E-state index in [1.807, 2.05) is 0 Å². The Morgan fingerprint density at radius 3 is 2.40 bits per heavy atom. The SMILES string of the molecule is CC(C)(N)CNC(=O)CCNS(=O)(=O)c1ccccc1. The van der Waals surface area contributed by atoms with Crippen molar-refractivity contribution in [3.8, 4) is 0 Å². The van der Waals surface area contributed by atoms with Crippen molar-refractivity contribution in [3.05, 3.63) is 30.3 Å². The highest BCUT2D eigenvalue weighted by atomic mass is 32.2. The van der Waals surface area contributed by atoms with Crippen LogP contribution in [0.25, 0.3) is 0 Å².